The van der Waals surface area contributed by atoms with E-state index in [1.165, 1.54) is 21.8 Å². The number of allylic oxidation sites excluding steroid dienone is 1. The highest BCUT2D eigenvalue weighted by molar-refractivity contribution is 6.10. The van der Waals surface area contributed by atoms with Crippen LogP contribution in [-0.4, -0.2) is 14.5 Å². The number of para-hydroxylation sites is 2. The van der Waals surface area contributed by atoms with Crippen LogP contribution in [0.4, 0.5) is 0 Å². The predicted molar refractivity (Wildman–Crippen MR) is 162 cm³/mol. The minimum atomic E-state index is 0.512. The summed E-state index contributed by atoms with van der Waals surface area (Å²) >= 11 is 0. The van der Waals surface area contributed by atoms with Gasteiger partial charge in [0, 0.05) is 27.6 Å². The van der Waals surface area contributed by atoms with Crippen molar-refractivity contribution in [2.75, 3.05) is 0 Å². The molecule has 0 aliphatic carbocycles. The minimum Gasteiger partial charge on any atom is -0.436 e. The summed E-state index contributed by atoms with van der Waals surface area (Å²) in [5.41, 5.74) is 9.77. The van der Waals surface area contributed by atoms with E-state index in [1.54, 1.807) is 12.3 Å². The van der Waals surface area contributed by atoms with Crippen molar-refractivity contribution in [3.05, 3.63) is 127 Å². The molecule has 186 valence electrons. The van der Waals surface area contributed by atoms with Crippen LogP contribution in [0, 0.1) is 0 Å². The molecule has 0 saturated carbocycles. The van der Waals surface area contributed by atoms with Crippen LogP contribution >= 0.6 is 0 Å². The zero-order chi connectivity index (χ0) is 26.3. The Bertz CT molecular complexity index is 2040. The first kappa shape index (κ1) is 22.9. The number of hydrogen-bond donors (Lipinski definition) is 0. The third-order valence-electron chi connectivity index (χ3n) is 7.16. The molecule has 39 heavy (non-hydrogen) atoms. The first-order valence-corrected chi connectivity index (χ1v) is 13.0. The first-order valence-electron chi connectivity index (χ1n) is 13.0. The van der Waals surface area contributed by atoms with Crippen molar-refractivity contribution in [3.8, 4) is 28.1 Å². The molecule has 4 heteroatoms. The lowest BCUT2D eigenvalue weighted by Gasteiger charge is -2.09. The molecule has 7 rings (SSSR count). The third-order valence-corrected chi connectivity index (χ3v) is 7.16. The molecule has 0 saturated heterocycles. The van der Waals surface area contributed by atoms with Gasteiger partial charge in [-0.05, 0) is 60.5 Å². The zero-order valence-corrected chi connectivity index (χ0v) is 21.5. The molecule has 0 aliphatic rings. The highest BCUT2D eigenvalue weighted by atomic mass is 16.3. The molecule has 0 bridgehead atoms. The maximum absolute atomic E-state index is 5.85. The van der Waals surface area contributed by atoms with Crippen molar-refractivity contribution in [2.24, 2.45) is 0 Å². The van der Waals surface area contributed by atoms with E-state index >= 15 is 0 Å². The van der Waals surface area contributed by atoms with Gasteiger partial charge in [-0.2, -0.15) is 0 Å². The standard InChI is InChI=1S/C35H25N3O/c1-3-11-28-33(4-2)39-35-34(28)37-30(22-36-35)25-13-10-12-23(20-25)24-18-19-32-29(21-24)27-16-8-9-17-31(27)38(32)26-14-6-5-7-15-26/h3-22H,2H2,1H3. The summed E-state index contributed by atoms with van der Waals surface area (Å²) in [5.74, 6) is 0.678. The van der Waals surface area contributed by atoms with Crippen LogP contribution in [0.15, 0.2) is 120 Å². The number of benzene rings is 4. The summed E-state index contributed by atoms with van der Waals surface area (Å²) in [6, 6.07) is 34.3. The number of aromatic nitrogens is 3. The van der Waals surface area contributed by atoms with E-state index < -0.39 is 0 Å². The summed E-state index contributed by atoms with van der Waals surface area (Å²) in [4.78, 5) is 9.50. The molecule has 0 spiro atoms. The van der Waals surface area contributed by atoms with Gasteiger partial charge in [-0.3, -0.25) is 0 Å². The molecule has 3 heterocycles. The monoisotopic (exact) mass is 503 g/mol. The van der Waals surface area contributed by atoms with Gasteiger partial charge in [0.05, 0.1) is 22.9 Å². The van der Waals surface area contributed by atoms with E-state index in [2.05, 4.69) is 113 Å². The van der Waals surface area contributed by atoms with Crippen LogP contribution < -0.4 is 0 Å². The van der Waals surface area contributed by atoms with Crippen molar-refractivity contribution < 1.29 is 4.42 Å². The van der Waals surface area contributed by atoms with Crippen molar-refractivity contribution in [2.45, 2.75) is 6.92 Å². The quantitative estimate of drug-likeness (QED) is 0.235. The van der Waals surface area contributed by atoms with E-state index in [0.29, 0.717) is 11.5 Å². The molecule has 4 aromatic carbocycles. The van der Waals surface area contributed by atoms with E-state index in [1.807, 2.05) is 19.1 Å². The van der Waals surface area contributed by atoms with Crippen molar-refractivity contribution in [1.82, 2.24) is 14.5 Å². The van der Waals surface area contributed by atoms with Gasteiger partial charge in [0.2, 0.25) is 5.71 Å². The van der Waals surface area contributed by atoms with Crippen molar-refractivity contribution >= 4 is 45.2 Å². The fourth-order valence-corrected chi connectivity index (χ4v) is 5.39. The molecular formula is C35H25N3O. The maximum atomic E-state index is 5.85. The summed E-state index contributed by atoms with van der Waals surface area (Å²) < 4.78 is 8.18. The topological polar surface area (TPSA) is 43.9 Å². The number of rotatable bonds is 5. The largest absolute Gasteiger partial charge is 0.436 e. The van der Waals surface area contributed by atoms with Gasteiger partial charge in [0.1, 0.15) is 11.3 Å². The van der Waals surface area contributed by atoms with Gasteiger partial charge in [-0.15, -0.1) is 0 Å². The van der Waals surface area contributed by atoms with Crippen molar-refractivity contribution in [1.29, 1.82) is 0 Å². The van der Waals surface area contributed by atoms with Gasteiger partial charge in [-0.25, -0.2) is 9.97 Å². The molecule has 0 amide bonds. The molecular weight excluding hydrogens is 478 g/mol. The molecule has 3 aromatic heterocycles. The van der Waals surface area contributed by atoms with Crippen LogP contribution in [0.25, 0.3) is 73.3 Å². The van der Waals surface area contributed by atoms with Gasteiger partial charge in [-0.1, -0.05) is 79.4 Å². The Hall–Kier alpha value is -5.22. The second-order valence-corrected chi connectivity index (χ2v) is 9.49. The van der Waals surface area contributed by atoms with Gasteiger partial charge < -0.3 is 8.98 Å². The van der Waals surface area contributed by atoms with Crippen LogP contribution in [0.2, 0.25) is 0 Å². The van der Waals surface area contributed by atoms with Gasteiger partial charge >= 0.3 is 0 Å². The van der Waals surface area contributed by atoms with E-state index in [9.17, 15) is 0 Å². The van der Waals surface area contributed by atoms with Crippen molar-refractivity contribution in [3.63, 3.8) is 0 Å². The van der Waals surface area contributed by atoms with Gasteiger partial charge in [0.15, 0.2) is 0 Å². The summed E-state index contributed by atoms with van der Waals surface area (Å²) in [7, 11) is 0. The van der Waals surface area contributed by atoms with E-state index in [0.717, 1.165) is 39.2 Å². The number of hydrogen-bond acceptors (Lipinski definition) is 3. The van der Waals surface area contributed by atoms with E-state index in [4.69, 9.17) is 9.40 Å². The predicted octanol–water partition coefficient (Wildman–Crippen LogP) is 9.33. The normalized spacial score (nSPS) is 11.7. The van der Waals surface area contributed by atoms with Crippen LogP contribution in [-0.2, 0) is 0 Å². The fourth-order valence-electron chi connectivity index (χ4n) is 5.39. The second-order valence-electron chi connectivity index (χ2n) is 9.49. The highest BCUT2D eigenvalue weighted by Gasteiger charge is 2.15. The molecule has 7 aromatic rings. The molecule has 0 radical (unpaired) electrons. The summed E-state index contributed by atoms with van der Waals surface area (Å²) in [5, 5.41) is 2.46. The average Bonchev–Trinajstić information content (AvgIpc) is 3.52. The van der Waals surface area contributed by atoms with Crippen LogP contribution in [0.5, 0.6) is 0 Å². The Morgan fingerprint density at radius 2 is 1.54 bits per heavy atom. The van der Waals surface area contributed by atoms with Gasteiger partial charge in [0.25, 0.3) is 0 Å². The molecule has 0 fully saturated rings. The number of nitrogens with zero attached hydrogens (tertiary/aromatic N) is 3. The SMILES string of the molecule is C=Cc1oc2ncc(-c3cccc(-c4ccc5c(c4)c4ccccc4n5-c4ccccc4)c3)nc2c1C=CC. The number of furan rings is 1. The smallest absolute Gasteiger partial charge is 0.246 e. The lowest BCUT2D eigenvalue weighted by molar-refractivity contribution is 0.591. The molecule has 0 unspecified atom stereocenters. The third kappa shape index (κ3) is 3.77. The lowest BCUT2D eigenvalue weighted by atomic mass is 10.00. The lowest BCUT2D eigenvalue weighted by Crippen LogP contribution is -1.92. The average molecular weight is 504 g/mol. The highest BCUT2D eigenvalue weighted by Crippen LogP contribution is 2.36. The maximum Gasteiger partial charge on any atom is 0.246 e. The first-order chi connectivity index (χ1) is 19.2. The summed E-state index contributed by atoms with van der Waals surface area (Å²) in [6.45, 7) is 5.84. The second kappa shape index (κ2) is 9.26. The fraction of sp³-hybridized carbons (Fsp3) is 0.0286. The van der Waals surface area contributed by atoms with Crippen LogP contribution in [0.1, 0.15) is 18.2 Å². The molecule has 0 aliphatic heterocycles. The summed E-state index contributed by atoms with van der Waals surface area (Å²) in [6.07, 6.45) is 7.42. The van der Waals surface area contributed by atoms with Crippen LogP contribution in [0.3, 0.4) is 0 Å². The Kier molecular flexibility index (Phi) is 5.45. The minimum absolute atomic E-state index is 0.512. The molecule has 0 N–H and O–H groups in total. The number of fused-ring (bicyclic) bond motifs is 4. The zero-order valence-electron chi connectivity index (χ0n) is 21.5. The Labute approximate surface area is 226 Å². The Morgan fingerprint density at radius 3 is 2.38 bits per heavy atom. The molecule has 4 nitrogen and oxygen atoms in total. The molecule has 0 atom stereocenters. The van der Waals surface area contributed by atoms with E-state index in [-0.39, 0.29) is 0 Å². The Balaban J connectivity index is 1.36. The Morgan fingerprint density at radius 1 is 0.769 bits per heavy atom.